The first-order chi connectivity index (χ1) is 16.7. The molecule has 0 aliphatic carbocycles. The summed E-state index contributed by atoms with van der Waals surface area (Å²) in [5, 5.41) is 6.42. The standard InChI is InChI=1S/C25H33N5O5/c1-14-10-19(28-24(33)18-12-16-17(27-18)6-5-7-22(16)35-4)25(34)30(14)20(21(31)13-29(2)3)11-15-8-9-26-23(15)32/h5-7,12,14-15,19-20,27H,8-11,13H2,1-4H3,(H,26,32)(H,28,33)/t14?,15-,19-,20-/m0/s1. The lowest BCUT2D eigenvalue weighted by molar-refractivity contribution is -0.140. The van der Waals surface area contributed by atoms with Crippen LogP contribution in [0.2, 0.25) is 0 Å². The number of hydrogen-bond donors (Lipinski definition) is 3. The Morgan fingerprint density at radius 1 is 1.29 bits per heavy atom. The molecule has 188 valence electrons. The smallest absolute Gasteiger partial charge is 0.268 e. The van der Waals surface area contributed by atoms with Gasteiger partial charge in [0.05, 0.1) is 19.7 Å². The molecule has 2 aliphatic heterocycles. The normalized spacial score (nSPS) is 23.1. The number of carbonyl (C=O) groups excluding carboxylic acids is 4. The maximum Gasteiger partial charge on any atom is 0.268 e. The zero-order valence-corrected chi connectivity index (χ0v) is 20.6. The molecule has 1 unspecified atom stereocenters. The lowest BCUT2D eigenvalue weighted by Crippen LogP contribution is -2.51. The first kappa shape index (κ1) is 24.7. The monoisotopic (exact) mass is 483 g/mol. The number of ether oxygens (including phenoxy) is 1. The molecule has 3 heterocycles. The van der Waals surface area contributed by atoms with Crippen molar-refractivity contribution in [1.82, 2.24) is 25.4 Å². The number of nitrogens with zero attached hydrogens (tertiary/aromatic N) is 2. The highest BCUT2D eigenvalue weighted by Crippen LogP contribution is 2.29. The molecule has 0 radical (unpaired) electrons. The molecule has 10 nitrogen and oxygen atoms in total. The summed E-state index contributed by atoms with van der Waals surface area (Å²) in [6, 6.07) is 5.47. The number of nitrogens with one attached hydrogen (secondary N) is 3. The van der Waals surface area contributed by atoms with Crippen LogP contribution in [0.25, 0.3) is 10.9 Å². The van der Waals surface area contributed by atoms with Crippen molar-refractivity contribution in [3.05, 3.63) is 30.0 Å². The second kappa shape index (κ2) is 10.1. The van der Waals surface area contributed by atoms with Crippen LogP contribution in [0.4, 0.5) is 0 Å². The molecule has 0 spiro atoms. The fourth-order valence-electron chi connectivity index (χ4n) is 5.15. The average Bonchev–Trinajstić information content (AvgIpc) is 3.49. The van der Waals surface area contributed by atoms with Crippen LogP contribution in [-0.2, 0) is 14.4 Å². The Balaban J connectivity index is 1.52. The Morgan fingerprint density at radius 2 is 2.06 bits per heavy atom. The van der Waals surface area contributed by atoms with Crippen molar-refractivity contribution >= 4 is 34.4 Å². The van der Waals surface area contributed by atoms with E-state index in [1.807, 2.05) is 25.1 Å². The van der Waals surface area contributed by atoms with Gasteiger partial charge in [-0.15, -0.1) is 0 Å². The van der Waals surface area contributed by atoms with Gasteiger partial charge >= 0.3 is 0 Å². The third-order valence-corrected chi connectivity index (χ3v) is 6.85. The van der Waals surface area contributed by atoms with E-state index in [4.69, 9.17) is 4.74 Å². The van der Waals surface area contributed by atoms with Gasteiger partial charge in [0, 0.05) is 29.4 Å². The number of aromatic nitrogens is 1. The molecule has 1 aromatic carbocycles. The van der Waals surface area contributed by atoms with Crippen LogP contribution in [0.5, 0.6) is 5.75 Å². The summed E-state index contributed by atoms with van der Waals surface area (Å²) in [7, 11) is 5.16. The predicted molar refractivity (Wildman–Crippen MR) is 130 cm³/mol. The second-order valence-corrected chi connectivity index (χ2v) is 9.69. The number of fused-ring (bicyclic) bond motifs is 1. The van der Waals surface area contributed by atoms with Crippen LogP contribution in [0.15, 0.2) is 24.3 Å². The number of rotatable bonds is 9. The molecule has 1 aromatic heterocycles. The van der Waals surface area contributed by atoms with E-state index in [0.29, 0.717) is 30.8 Å². The van der Waals surface area contributed by atoms with Crippen molar-refractivity contribution < 1.29 is 23.9 Å². The van der Waals surface area contributed by atoms with E-state index in [0.717, 1.165) is 10.9 Å². The van der Waals surface area contributed by atoms with Gasteiger partial charge in [-0.2, -0.15) is 0 Å². The van der Waals surface area contributed by atoms with E-state index in [9.17, 15) is 19.2 Å². The van der Waals surface area contributed by atoms with E-state index in [-0.39, 0.29) is 42.5 Å². The van der Waals surface area contributed by atoms with Crippen LogP contribution in [-0.4, -0.2) is 90.7 Å². The van der Waals surface area contributed by atoms with Crippen LogP contribution < -0.4 is 15.4 Å². The minimum Gasteiger partial charge on any atom is -0.496 e. The molecule has 0 bridgehead atoms. The number of carbonyl (C=O) groups is 4. The summed E-state index contributed by atoms with van der Waals surface area (Å²) < 4.78 is 5.36. The molecule has 10 heteroatoms. The van der Waals surface area contributed by atoms with Crippen LogP contribution >= 0.6 is 0 Å². The lowest BCUT2D eigenvalue weighted by atomic mass is 9.94. The maximum absolute atomic E-state index is 13.5. The third kappa shape index (κ3) is 5.02. The molecule has 4 atom stereocenters. The number of likely N-dealkylation sites (N-methyl/N-ethyl adjacent to an activating group) is 1. The number of methoxy groups -OCH3 is 1. The molecule has 2 saturated heterocycles. The Hall–Kier alpha value is -3.40. The Labute approximate surface area is 204 Å². The van der Waals surface area contributed by atoms with Crippen molar-refractivity contribution in [3.8, 4) is 5.75 Å². The molecule has 3 amide bonds. The molecule has 4 rings (SSSR count). The maximum atomic E-state index is 13.5. The number of hydrogen-bond acceptors (Lipinski definition) is 6. The van der Waals surface area contributed by atoms with E-state index in [1.165, 1.54) is 0 Å². The highest BCUT2D eigenvalue weighted by atomic mass is 16.5. The topological polar surface area (TPSA) is 124 Å². The number of likely N-dealkylation sites (tertiary alicyclic amines) is 1. The summed E-state index contributed by atoms with van der Waals surface area (Å²) in [5.74, 6) is -0.540. The summed E-state index contributed by atoms with van der Waals surface area (Å²) in [6.45, 7) is 2.63. The number of H-pyrrole nitrogens is 1. The Morgan fingerprint density at radius 3 is 2.71 bits per heavy atom. The first-order valence-electron chi connectivity index (χ1n) is 11.9. The summed E-state index contributed by atoms with van der Waals surface area (Å²) in [5.41, 5.74) is 1.08. The lowest BCUT2D eigenvalue weighted by Gasteiger charge is -2.32. The van der Waals surface area contributed by atoms with Crippen molar-refractivity contribution in [2.24, 2.45) is 5.92 Å². The molecule has 3 N–H and O–H groups in total. The summed E-state index contributed by atoms with van der Waals surface area (Å²) >= 11 is 0. The van der Waals surface area contributed by atoms with Gasteiger partial charge in [-0.05, 0) is 58.5 Å². The Kier molecular flexibility index (Phi) is 7.11. The van der Waals surface area contributed by atoms with Crippen LogP contribution in [0.3, 0.4) is 0 Å². The van der Waals surface area contributed by atoms with Gasteiger partial charge in [-0.1, -0.05) is 6.07 Å². The minimum atomic E-state index is -0.752. The molecule has 0 saturated carbocycles. The highest BCUT2D eigenvalue weighted by molar-refractivity contribution is 6.02. The minimum absolute atomic E-state index is 0.0777. The van der Waals surface area contributed by atoms with Gasteiger partial charge < -0.3 is 30.2 Å². The van der Waals surface area contributed by atoms with Gasteiger partial charge in [0.25, 0.3) is 5.91 Å². The van der Waals surface area contributed by atoms with E-state index in [2.05, 4.69) is 15.6 Å². The van der Waals surface area contributed by atoms with Crippen molar-refractivity contribution in [3.63, 3.8) is 0 Å². The highest BCUT2D eigenvalue weighted by Gasteiger charge is 2.45. The third-order valence-electron chi connectivity index (χ3n) is 6.85. The van der Waals surface area contributed by atoms with Gasteiger partial charge in [-0.25, -0.2) is 0 Å². The van der Waals surface area contributed by atoms with Gasteiger partial charge in [0.15, 0.2) is 5.78 Å². The van der Waals surface area contributed by atoms with Gasteiger partial charge in [-0.3, -0.25) is 19.2 Å². The van der Waals surface area contributed by atoms with E-state index < -0.39 is 18.0 Å². The first-order valence-corrected chi connectivity index (χ1v) is 11.9. The van der Waals surface area contributed by atoms with E-state index in [1.54, 1.807) is 37.1 Å². The van der Waals surface area contributed by atoms with Gasteiger partial charge in [0.1, 0.15) is 17.5 Å². The largest absolute Gasteiger partial charge is 0.496 e. The molecule has 2 fully saturated rings. The fraction of sp³-hybridized carbons (Fsp3) is 0.520. The predicted octanol–water partition coefficient (Wildman–Crippen LogP) is 0.921. The molecule has 2 aromatic rings. The second-order valence-electron chi connectivity index (χ2n) is 9.69. The molecular formula is C25H33N5O5. The van der Waals surface area contributed by atoms with Crippen LogP contribution in [0, 0.1) is 5.92 Å². The summed E-state index contributed by atoms with van der Waals surface area (Å²) in [6.07, 6.45) is 1.32. The number of Topliss-reactive ketones (excluding diaryl/α,β-unsaturated/α-hetero) is 1. The van der Waals surface area contributed by atoms with Crippen molar-refractivity contribution in [1.29, 1.82) is 0 Å². The number of amides is 3. The Bertz CT molecular complexity index is 1140. The number of ketones is 1. The van der Waals surface area contributed by atoms with Crippen LogP contribution in [0.1, 0.15) is 36.7 Å². The zero-order chi connectivity index (χ0) is 25.3. The molecular weight excluding hydrogens is 450 g/mol. The molecule has 35 heavy (non-hydrogen) atoms. The van der Waals surface area contributed by atoms with Crippen molar-refractivity contribution in [2.45, 2.75) is 44.3 Å². The average molecular weight is 484 g/mol. The number of aromatic amines is 1. The number of benzene rings is 1. The zero-order valence-electron chi connectivity index (χ0n) is 20.6. The molecule has 2 aliphatic rings. The van der Waals surface area contributed by atoms with Gasteiger partial charge in [0.2, 0.25) is 11.8 Å². The quantitative estimate of drug-likeness (QED) is 0.487. The SMILES string of the molecule is COc1cccc2[nH]c(C(=O)N[C@H]3CC(C)N([C@@H](C[C@@H]4CCNC4=O)C(=O)CN(C)C)C3=O)cc12. The fourth-order valence-corrected chi connectivity index (χ4v) is 5.15. The summed E-state index contributed by atoms with van der Waals surface area (Å²) in [4.78, 5) is 58.3. The van der Waals surface area contributed by atoms with E-state index >= 15 is 0 Å². The van der Waals surface area contributed by atoms with Crippen molar-refractivity contribution in [2.75, 3.05) is 34.3 Å².